The van der Waals surface area contributed by atoms with Crippen LogP contribution in [0.15, 0.2) is 0 Å². The van der Waals surface area contributed by atoms with E-state index in [0.29, 0.717) is 6.61 Å². The van der Waals surface area contributed by atoms with E-state index < -0.39 is 7.80 Å². The molecule has 0 spiro atoms. The zero-order valence-electron chi connectivity index (χ0n) is 5.69. The van der Waals surface area contributed by atoms with Crippen LogP contribution >= 0.6 is 19.6 Å². The lowest BCUT2D eigenvalue weighted by Crippen LogP contribution is -2.07. The Hall–Kier alpha value is 0.370. The predicted molar refractivity (Wildman–Crippen MR) is 41.7 cm³/mol. The van der Waals surface area contributed by atoms with Crippen LogP contribution in [0.25, 0.3) is 0 Å². The molecule has 0 radical (unpaired) electrons. The highest BCUT2D eigenvalue weighted by molar-refractivity contribution is 8.05. The van der Waals surface area contributed by atoms with Crippen LogP contribution in [0.4, 0.5) is 0 Å². The van der Waals surface area contributed by atoms with Crippen molar-refractivity contribution in [1.82, 2.24) is 0 Å². The average molecular weight is 181 g/mol. The van der Waals surface area contributed by atoms with Gasteiger partial charge in [0.05, 0.1) is 18.5 Å². The minimum atomic E-state index is -1.25. The van der Waals surface area contributed by atoms with E-state index >= 15 is 0 Å². The third-order valence-electron chi connectivity index (χ3n) is 1.23. The summed E-state index contributed by atoms with van der Waals surface area (Å²) in [7, 11) is -1.25. The first kappa shape index (κ1) is 8.47. The van der Waals surface area contributed by atoms with Crippen LogP contribution in [0.5, 0.6) is 0 Å². The summed E-state index contributed by atoms with van der Waals surface area (Å²) < 4.78 is 16.0. The lowest BCUT2D eigenvalue weighted by Gasteiger charge is -1.95. The molecule has 0 aromatic carbocycles. The van der Waals surface area contributed by atoms with Crippen molar-refractivity contribution in [1.29, 1.82) is 0 Å². The molecule has 0 aromatic heterocycles. The molecule has 1 N–H and O–H groups in total. The van der Waals surface area contributed by atoms with E-state index in [9.17, 15) is 4.57 Å². The second kappa shape index (κ2) is 3.67. The Kier molecular flexibility index (Phi) is 3.11. The molecule has 10 heavy (non-hydrogen) atoms. The van der Waals surface area contributed by atoms with Crippen LogP contribution in [0, 0.1) is 0 Å². The zero-order valence-corrected chi connectivity index (χ0v) is 7.40. The molecule has 58 valence electrons. The maximum atomic E-state index is 10.8. The molecular weight excluding hydrogens is 171 g/mol. The smallest absolute Gasteiger partial charge is 0.378 e. The molecule has 0 aromatic rings. The quantitative estimate of drug-likeness (QED) is 0.641. The van der Waals surface area contributed by atoms with Crippen LogP contribution in [-0.2, 0) is 9.30 Å². The van der Waals surface area contributed by atoms with Crippen molar-refractivity contribution in [2.75, 3.05) is 19.9 Å². The van der Waals surface area contributed by atoms with Crippen LogP contribution in [0.3, 0.4) is 0 Å². The number of hydrogen-bond donors (Lipinski definition) is 1. The van der Waals surface area contributed by atoms with Gasteiger partial charge in [-0.3, -0.25) is 0 Å². The Morgan fingerprint density at radius 1 is 1.90 bits per heavy atom. The van der Waals surface area contributed by atoms with E-state index in [2.05, 4.69) is 0 Å². The molecule has 1 heterocycles. The van der Waals surface area contributed by atoms with Crippen molar-refractivity contribution in [3.63, 3.8) is 0 Å². The van der Waals surface area contributed by atoms with Crippen molar-refractivity contribution >= 4 is 19.6 Å². The van der Waals surface area contributed by atoms with Crippen molar-refractivity contribution in [2.24, 2.45) is 0 Å². The SMILES string of the molecule is C[P+](=O)C1OCC(CO)S1. The maximum absolute atomic E-state index is 10.8. The number of thioether (sulfide) groups is 1. The van der Waals surface area contributed by atoms with Crippen molar-refractivity contribution < 1.29 is 14.4 Å². The summed E-state index contributed by atoms with van der Waals surface area (Å²) in [5, 5.41) is 8.61. The number of ether oxygens (including phenoxy) is 1. The van der Waals surface area contributed by atoms with Gasteiger partial charge in [0.15, 0.2) is 0 Å². The van der Waals surface area contributed by atoms with Crippen LogP contribution in [0.1, 0.15) is 0 Å². The van der Waals surface area contributed by atoms with Crippen molar-refractivity contribution in [3.05, 3.63) is 0 Å². The van der Waals surface area contributed by atoms with E-state index in [1.54, 1.807) is 6.66 Å². The molecule has 0 saturated carbocycles. The molecule has 0 amide bonds. The molecule has 1 aliphatic heterocycles. The maximum Gasteiger partial charge on any atom is 0.378 e. The standard InChI is InChI=1S/C5H10O3PS/c1-9(7)5-8-3-4(2-6)10-5/h4-6H,2-3H2,1H3/q+1. The predicted octanol–water partition coefficient (Wildman–Crippen LogP) is 0.851. The van der Waals surface area contributed by atoms with Crippen LogP contribution < -0.4 is 0 Å². The van der Waals surface area contributed by atoms with Crippen LogP contribution in [-0.4, -0.2) is 35.4 Å². The first-order valence-electron chi connectivity index (χ1n) is 3.02. The van der Waals surface area contributed by atoms with Crippen LogP contribution in [0.2, 0.25) is 0 Å². The Morgan fingerprint density at radius 2 is 2.60 bits per heavy atom. The first-order chi connectivity index (χ1) is 4.74. The van der Waals surface area contributed by atoms with E-state index in [1.807, 2.05) is 0 Å². The molecule has 1 rings (SSSR count). The molecule has 5 heteroatoms. The highest BCUT2D eigenvalue weighted by Crippen LogP contribution is 2.40. The van der Waals surface area contributed by atoms with Gasteiger partial charge in [0.2, 0.25) is 0 Å². The van der Waals surface area contributed by atoms with Gasteiger partial charge in [-0.15, -0.1) is 0 Å². The lowest BCUT2D eigenvalue weighted by molar-refractivity contribution is 0.161. The van der Waals surface area contributed by atoms with Gasteiger partial charge in [0.25, 0.3) is 0 Å². The van der Waals surface area contributed by atoms with Gasteiger partial charge in [-0.2, -0.15) is 0 Å². The summed E-state index contributed by atoms with van der Waals surface area (Å²) in [6.07, 6.45) is 0. The molecule has 3 nitrogen and oxygen atoms in total. The molecule has 3 unspecified atom stereocenters. The fourth-order valence-corrected chi connectivity index (χ4v) is 2.95. The Balaban J connectivity index is 2.35. The average Bonchev–Trinajstić information content (AvgIpc) is 2.34. The van der Waals surface area contributed by atoms with Gasteiger partial charge >= 0.3 is 13.0 Å². The van der Waals surface area contributed by atoms with Gasteiger partial charge in [-0.25, -0.2) is 0 Å². The second-order valence-corrected chi connectivity index (χ2v) is 5.40. The fraction of sp³-hybridized carbons (Fsp3) is 1.00. The number of aliphatic hydroxyl groups excluding tert-OH is 1. The molecule has 0 aliphatic carbocycles. The molecule has 1 saturated heterocycles. The van der Waals surface area contributed by atoms with Gasteiger partial charge in [-0.05, 0) is 0 Å². The van der Waals surface area contributed by atoms with Gasteiger partial charge < -0.3 is 9.84 Å². The fourth-order valence-electron chi connectivity index (χ4n) is 0.719. The van der Waals surface area contributed by atoms with E-state index in [1.165, 1.54) is 11.8 Å². The third kappa shape index (κ3) is 1.92. The van der Waals surface area contributed by atoms with Gasteiger partial charge in [-0.1, -0.05) is 16.3 Å². The zero-order chi connectivity index (χ0) is 7.56. The van der Waals surface area contributed by atoms with Crippen molar-refractivity contribution in [2.45, 2.75) is 10.4 Å². The number of hydrogen-bond acceptors (Lipinski definition) is 4. The minimum absolute atomic E-state index is 0.115. The van der Waals surface area contributed by atoms with E-state index in [0.717, 1.165) is 0 Å². The Morgan fingerprint density at radius 3 is 2.90 bits per heavy atom. The second-order valence-electron chi connectivity index (χ2n) is 2.13. The molecule has 0 bridgehead atoms. The van der Waals surface area contributed by atoms with Gasteiger partial charge in [0.1, 0.15) is 6.66 Å². The largest absolute Gasteiger partial charge is 0.395 e. The molecule has 1 fully saturated rings. The first-order valence-corrected chi connectivity index (χ1v) is 5.74. The lowest BCUT2D eigenvalue weighted by atomic mass is 10.5. The summed E-state index contributed by atoms with van der Waals surface area (Å²) in [5.41, 5.74) is 0. The Labute approximate surface area is 64.9 Å². The number of rotatable bonds is 2. The summed E-state index contributed by atoms with van der Waals surface area (Å²) >= 11 is 1.46. The molecule has 1 aliphatic rings. The summed E-state index contributed by atoms with van der Waals surface area (Å²) in [5.74, 6) is 0. The van der Waals surface area contributed by atoms with Crippen molar-refractivity contribution in [3.8, 4) is 0 Å². The van der Waals surface area contributed by atoms with E-state index in [4.69, 9.17) is 9.84 Å². The van der Waals surface area contributed by atoms with E-state index in [-0.39, 0.29) is 17.0 Å². The normalized spacial score (nSPS) is 34.4. The Bertz CT molecular complexity index is 141. The summed E-state index contributed by atoms with van der Waals surface area (Å²) in [4.78, 5) is 0. The number of aliphatic hydroxyl groups is 1. The minimum Gasteiger partial charge on any atom is -0.395 e. The summed E-state index contributed by atoms with van der Waals surface area (Å²) in [6.45, 7) is 2.29. The molecular formula is C5H10O3PS+. The van der Waals surface area contributed by atoms with Gasteiger partial charge in [0, 0.05) is 0 Å². The monoisotopic (exact) mass is 181 g/mol. The molecule has 3 atom stereocenters. The highest BCUT2D eigenvalue weighted by Gasteiger charge is 2.36. The third-order valence-corrected chi connectivity index (χ3v) is 4.27. The topological polar surface area (TPSA) is 46.5 Å². The summed E-state index contributed by atoms with van der Waals surface area (Å²) in [6, 6.07) is 0. The highest BCUT2D eigenvalue weighted by atomic mass is 32.2.